The molecule has 2 aromatic carbocycles. The summed E-state index contributed by atoms with van der Waals surface area (Å²) in [6.07, 6.45) is 4.21. The highest BCUT2D eigenvalue weighted by Gasteiger charge is 2.20. The van der Waals surface area contributed by atoms with E-state index in [1.807, 2.05) is 13.0 Å². The lowest BCUT2D eigenvalue weighted by atomic mass is 10.1. The second-order valence-corrected chi connectivity index (χ2v) is 7.97. The van der Waals surface area contributed by atoms with Crippen LogP contribution in [0.25, 0.3) is 22.7 Å². The van der Waals surface area contributed by atoms with Crippen LogP contribution in [0, 0.1) is 12.7 Å². The van der Waals surface area contributed by atoms with E-state index in [0.717, 1.165) is 37.1 Å². The van der Waals surface area contributed by atoms with Crippen LogP contribution in [0.5, 0.6) is 0 Å². The van der Waals surface area contributed by atoms with Crippen molar-refractivity contribution >= 4 is 34.3 Å². The molecule has 0 radical (unpaired) electrons. The largest absolute Gasteiger partial charge is 0.320 e. The topological polar surface area (TPSA) is 8.17 Å². The minimum Gasteiger partial charge on any atom is -0.320 e. The van der Waals surface area contributed by atoms with Gasteiger partial charge in [-0.05, 0) is 68.3 Å². The SMILES string of the molecule is CC(=Cn1c2c(c3cc(C)ccc31)CCN(C)CC2)c1ccc(Cl)c(F)c1. The summed E-state index contributed by atoms with van der Waals surface area (Å²) < 4.78 is 16.2. The van der Waals surface area contributed by atoms with Gasteiger partial charge < -0.3 is 9.47 Å². The van der Waals surface area contributed by atoms with E-state index in [0.29, 0.717) is 0 Å². The van der Waals surface area contributed by atoms with Gasteiger partial charge in [-0.25, -0.2) is 4.39 Å². The number of rotatable bonds is 2. The van der Waals surface area contributed by atoms with E-state index in [4.69, 9.17) is 11.6 Å². The molecule has 2 heterocycles. The number of likely N-dealkylation sites (N-methyl/N-ethyl adjacent to an activating group) is 1. The lowest BCUT2D eigenvalue weighted by Crippen LogP contribution is -2.21. The maximum absolute atomic E-state index is 13.9. The first-order chi connectivity index (χ1) is 12.9. The lowest BCUT2D eigenvalue weighted by Gasteiger charge is -2.13. The monoisotopic (exact) mass is 382 g/mol. The van der Waals surface area contributed by atoms with E-state index < -0.39 is 0 Å². The van der Waals surface area contributed by atoms with Crippen LogP contribution in [-0.4, -0.2) is 29.6 Å². The molecule has 0 unspecified atom stereocenters. The van der Waals surface area contributed by atoms with Crippen molar-refractivity contribution in [2.75, 3.05) is 20.1 Å². The van der Waals surface area contributed by atoms with Crippen molar-refractivity contribution in [3.8, 4) is 0 Å². The summed E-state index contributed by atoms with van der Waals surface area (Å²) in [4.78, 5) is 2.39. The van der Waals surface area contributed by atoms with E-state index in [9.17, 15) is 4.39 Å². The predicted octanol–water partition coefficient (Wildman–Crippen LogP) is 5.79. The number of allylic oxidation sites excluding steroid dienone is 1. The highest BCUT2D eigenvalue weighted by atomic mass is 35.5. The minimum atomic E-state index is -0.379. The Kier molecular flexibility index (Phi) is 4.83. The van der Waals surface area contributed by atoms with Gasteiger partial charge in [0.15, 0.2) is 0 Å². The first-order valence-corrected chi connectivity index (χ1v) is 9.76. The summed E-state index contributed by atoms with van der Waals surface area (Å²) in [7, 11) is 2.18. The Morgan fingerprint density at radius 3 is 2.67 bits per heavy atom. The van der Waals surface area contributed by atoms with Crippen molar-refractivity contribution in [1.29, 1.82) is 0 Å². The fourth-order valence-electron chi connectivity index (χ4n) is 3.97. The summed E-state index contributed by atoms with van der Waals surface area (Å²) in [5.74, 6) is -0.379. The van der Waals surface area contributed by atoms with Crippen LogP contribution in [0.1, 0.15) is 29.3 Å². The highest BCUT2D eigenvalue weighted by Crippen LogP contribution is 2.32. The fourth-order valence-corrected chi connectivity index (χ4v) is 4.08. The predicted molar refractivity (Wildman–Crippen MR) is 113 cm³/mol. The van der Waals surface area contributed by atoms with E-state index >= 15 is 0 Å². The second kappa shape index (κ2) is 7.14. The average Bonchev–Trinajstić information content (AvgIpc) is 2.78. The molecular formula is C23H24ClFN2. The maximum atomic E-state index is 13.9. The van der Waals surface area contributed by atoms with Crippen molar-refractivity contribution in [3.63, 3.8) is 0 Å². The molecule has 0 aliphatic carbocycles. The molecule has 0 bridgehead atoms. The van der Waals surface area contributed by atoms with Crippen molar-refractivity contribution in [2.24, 2.45) is 0 Å². The van der Waals surface area contributed by atoms with Crippen molar-refractivity contribution in [1.82, 2.24) is 9.47 Å². The third kappa shape index (κ3) is 3.42. The van der Waals surface area contributed by atoms with Gasteiger partial charge in [0, 0.05) is 36.8 Å². The van der Waals surface area contributed by atoms with E-state index in [1.165, 1.54) is 33.8 Å². The Bertz CT molecular complexity index is 1050. The van der Waals surface area contributed by atoms with Gasteiger partial charge in [-0.2, -0.15) is 0 Å². The zero-order valence-electron chi connectivity index (χ0n) is 16.0. The number of hydrogen-bond donors (Lipinski definition) is 0. The number of benzene rings is 2. The average molecular weight is 383 g/mol. The molecule has 0 spiro atoms. The van der Waals surface area contributed by atoms with Crippen molar-refractivity contribution in [2.45, 2.75) is 26.7 Å². The van der Waals surface area contributed by atoms with Gasteiger partial charge in [-0.15, -0.1) is 0 Å². The Morgan fingerprint density at radius 1 is 1.11 bits per heavy atom. The standard InChI is InChI=1S/C23H24ClFN2/c1-15-4-7-22-19(12-15)18-8-10-26(3)11-9-23(18)27(22)14-16(2)17-5-6-20(24)21(25)13-17/h4-7,12-14H,8-11H2,1-3H3. The van der Waals surface area contributed by atoms with E-state index in [2.05, 4.69) is 47.8 Å². The summed E-state index contributed by atoms with van der Waals surface area (Å²) >= 11 is 5.84. The molecule has 0 N–H and O–H groups in total. The van der Waals surface area contributed by atoms with Crippen LogP contribution in [0.3, 0.4) is 0 Å². The molecule has 0 atom stereocenters. The first kappa shape index (κ1) is 18.3. The number of halogens is 2. The molecule has 0 saturated carbocycles. The van der Waals surface area contributed by atoms with E-state index in [1.54, 1.807) is 6.07 Å². The normalized spacial score (nSPS) is 15.8. The Labute approximate surface area is 164 Å². The molecule has 4 heteroatoms. The van der Waals surface area contributed by atoms with Crippen molar-refractivity contribution < 1.29 is 4.39 Å². The van der Waals surface area contributed by atoms with Gasteiger partial charge in [0.1, 0.15) is 5.82 Å². The van der Waals surface area contributed by atoms with Crippen LogP contribution in [-0.2, 0) is 12.8 Å². The molecule has 4 rings (SSSR count). The fraction of sp³-hybridized carbons (Fsp3) is 0.304. The van der Waals surface area contributed by atoms with Crippen LogP contribution in [0.15, 0.2) is 36.4 Å². The van der Waals surface area contributed by atoms with Crippen LogP contribution in [0.4, 0.5) is 4.39 Å². The lowest BCUT2D eigenvalue weighted by molar-refractivity contribution is 0.351. The van der Waals surface area contributed by atoms with Gasteiger partial charge in [-0.1, -0.05) is 29.3 Å². The molecule has 1 aliphatic rings. The third-order valence-corrected chi connectivity index (χ3v) is 5.85. The molecule has 1 aromatic heterocycles. The van der Waals surface area contributed by atoms with E-state index in [-0.39, 0.29) is 10.8 Å². The Hall–Kier alpha value is -2.10. The molecule has 1 aliphatic heterocycles. The third-order valence-electron chi connectivity index (χ3n) is 5.55. The van der Waals surface area contributed by atoms with Gasteiger partial charge in [-0.3, -0.25) is 0 Å². The summed E-state index contributed by atoms with van der Waals surface area (Å²) in [5, 5.41) is 1.50. The summed E-state index contributed by atoms with van der Waals surface area (Å²) in [6, 6.07) is 11.7. The Morgan fingerprint density at radius 2 is 1.89 bits per heavy atom. The molecule has 0 saturated heterocycles. The number of aryl methyl sites for hydroxylation is 1. The zero-order chi connectivity index (χ0) is 19.1. The van der Waals surface area contributed by atoms with Gasteiger partial charge >= 0.3 is 0 Å². The maximum Gasteiger partial charge on any atom is 0.142 e. The number of aromatic nitrogens is 1. The molecule has 0 fully saturated rings. The molecular weight excluding hydrogens is 359 g/mol. The van der Waals surface area contributed by atoms with Crippen LogP contribution < -0.4 is 0 Å². The highest BCUT2D eigenvalue weighted by molar-refractivity contribution is 6.30. The Balaban J connectivity index is 1.89. The molecule has 27 heavy (non-hydrogen) atoms. The van der Waals surface area contributed by atoms with Gasteiger partial charge in [0.05, 0.1) is 10.5 Å². The first-order valence-electron chi connectivity index (χ1n) is 9.38. The number of fused-ring (bicyclic) bond motifs is 3. The van der Waals surface area contributed by atoms with Crippen LogP contribution in [0.2, 0.25) is 5.02 Å². The molecule has 2 nitrogen and oxygen atoms in total. The quantitative estimate of drug-likeness (QED) is 0.544. The van der Waals surface area contributed by atoms with Crippen molar-refractivity contribution in [3.05, 3.63) is 69.6 Å². The molecule has 140 valence electrons. The molecule has 0 amide bonds. The summed E-state index contributed by atoms with van der Waals surface area (Å²) in [5.41, 5.74) is 7.19. The van der Waals surface area contributed by atoms with Gasteiger partial charge in [0.25, 0.3) is 0 Å². The number of hydrogen-bond acceptors (Lipinski definition) is 1. The summed E-state index contributed by atoms with van der Waals surface area (Å²) in [6.45, 7) is 6.29. The molecule has 3 aromatic rings. The smallest absolute Gasteiger partial charge is 0.142 e. The zero-order valence-corrected chi connectivity index (χ0v) is 16.8. The van der Waals surface area contributed by atoms with Crippen LogP contribution >= 0.6 is 11.6 Å². The van der Waals surface area contributed by atoms with Gasteiger partial charge in [0.2, 0.25) is 0 Å². The minimum absolute atomic E-state index is 0.158. The second-order valence-electron chi connectivity index (χ2n) is 7.56. The number of nitrogens with zero attached hydrogens (tertiary/aromatic N) is 2.